The molecule has 0 amide bonds. The van der Waals surface area contributed by atoms with Crippen molar-refractivity contribution < 1.29 is 4.74 Å². The van der Waals surface area contributed by atoms with Crippen molar-refractivity contribution in [1.82, 2.24) is 15.0 Å². The average molecular weight is 756 g/mol. The third-order valence-electron chi connectivity index (χ3n) is 12.8. The molecule has 0 bridgehead atoms. The van der Waals surface area contributed by atoms with Gasteiger partial charge in [-0.3, -0.25) is 0 Å². The van der Waals surface area contributed by atoms with E-state index in [-0.39, 0.29) is 5.41 Å². The van der Waals surface area contributed by atoms with E-state index in [4.69, 9.17) is 19.7 Å². The van der Waals surface area contributed by atoms with Gasteiger partial charge in [0, 0.05) is 38.8 Å². The lowest BCUT2D eigenvalue weighted by molar-refractivity contribution is 0.438. The first-order valence-corrected chi connectivity index (χ1v) is 20.3. The van der Waals surface area contributed by atoms with Crippen LogP contribution in [0.25, 0.3) is 67.5 Å². The fourth-order valence-corrected chi connectivity index (χ4v) is 10.2. The summed E-state index contributed by atoms with van der Waals surface area (Å²) < 4.78 is 7.09. The summed E-state index contributed by atoms with van der Waals surface area (Å²) in [6.07, 6.45) is 0. The van der Waals surface area contributed by atoms with Crippen molar-refractivity contribution in [2.24, 2.45) is 0 Å². The molecule has 0 unspecified atom stereocenters. The molecule has 4 nitrogen and oxygen atoms in total. The van der Waals surface area contributed by atoms with Crippen LogP contribution in [0.3, 0.4) is 0 Å². The van der Waals surface area contributed by atoms with Crippen molar-refractivity contribution >= 4 is 0 Å². The Hall–Kier alpha value is -7.43. The summed E-state index contributed by atoms with van der Waals surface area (Å²) in [5.74, 6) is 3.56. The number of ether oxygens (including phenoxy) is 1. The first-order valence-electron chi connectivity index (χ1n) is 20.3. The lowest BCUT2D eigenvalue weighted by atomic mass is 9.65. The molecule has 4 heteroatoms. The number of hydrogen-bond donors (Lipinski definition) is 0. The molecule has 0 N–H and O–H groups in total. The van der Waals surface area contributed by atoms with Gasteiger partial charge in [0.2, 0.25) is 0 Å². The van der Waals surface area contributed by atoms with Crippen LogP contribution in [-0.2, 0) is 10.8 Å². The maximum atomic E-state index is 7.09. The molecule has 0 atom stereocenters. The zero-order valence-corrected chi connectivity index (χ0v) is 32.6. The van der Waals surface area contributed by atoms with Gasteiger partial charge in [-0.2, -0.15) is 0 Å². The maximum absolute atomic E-state index is 7.09. The van der Waals surface area contributed by atoms with E-state index in [1.165, 1.54) is 44.5 Å². The summed E-state index contributed by atoms with van der Waals surface area (Å²) >= 11 is 0. The summed E-state index contributed by atoms with van der Waals surface area (Å²) in [4.78, 5) is 15.7. The molecule has 0 saturated carbocycles. The predicted molar refractivity (Wildman–Crippen MR) is 237 cm³/mol. The summed E-state index contributed by atoms with van der Waals surface area (Å²) in [7, 11) is 0. The Morgan fingerprint density at radius 3 is 1.54 bits per heavy atom. The first kappa shape index (κ1) is 33.7. The molecule has 278 valence electrons. The van der Waals surface area contributed by atoms with Crippen LogP contribution in [0.5, 0.6) is 11.5 Å². The quantitative estimate of drug-likeness (QED) is 0.179. The monoisotopic (exact) mass is 755 g/mol. The first-order chi connectivity index (χ1) is 29.0. The van der Waals surface area contributed by atoms with E-state index in [0.717, 1.165) is 50.4 Å². The minimum atomic E-state index is -0.565. The Kier molecular flexibility index (Phi) is 7.16. The van der Waals surface area contributed by atoms with Gasteiger partial charge in [0.25, 0.3) is 0 Å². The number of rotatable bonds is 4. The molecule has 1 aromatic heterocycles. The Balaban J connectivity index is 1.07. The minimum Gasteiger partial charge on any atom is -0.456 e. The number of hydrogen-bond acceptors (Lipinski definition) is 4. The normalized spacial score (nSPS) is 14.3. The molecule has 2 heterocycles. The van der Waals surface area contributed by atoms with Gasteiger partial charge >= 0.3 is 0 Å². The highest BCUT2D eigenvalue weighted by Crippen LogP contribution is 2.63. The van der Waals surface area contributed by atoms with E-state index in [1.54, 1.807) is 0 Å². The van der Waals surface area contributed by atoms with Gasteiger partial charge in [-0.15, -0.1) is 0 Å². The van der Waals surface area contributed by atoms with Gasteiger partial charge in [-0.1, -0.05) is 190 Å². The SMILES string of the molecule is CC1(C)c2ccccc2-c2ccc(-c3nc(-c4ccccc4)nc(-c4ccccc4-c4cccc5c4Oc4ccccc4C54c5ccccc5-c5ccccc54)n3)cc21. The zero-order valence-electron chi connectivity index (χ0n) is 32.6. The molecular formula is C55H37N3O. The standard InChI is InChI=1S/C55H37N3O/c1-54(2)43-25-11-8-20-37(43)40-32-31-35(33-48(40)54)52-56-51(34-17-4-3-5-18-34)57-53(58-52)42-23-7-6-19-36(42)41-24-16-29-47-50(41)59-49-30-15-14-28-46(49)55(47)44-26-12-9-21-38(44)39-22-10-13-27-45(39)55/h3-33H,1-2H3. The highest BCUT2D eigenvalue weighted by atomic mass is 16.5. The Morgan fingerprint density at radius 1 is 0.339 bits per heavy atom. The van der Waals surface area contributed by atoms with Crippen LogP contribution < -0.4 is 4.74 Å². The van der Waals surface area contributed by atoms with E-state index in [9.17, 15) is 0 Å². The van der Waals surface area contributed by atoms with E-state index in [2.05, 4.69) is 184 Å². The number of nitrogens with zero attached hydrogens (tertiary/aromatic N) is 3. The Labute approximate surface area is 343 Å². The van der Waals surface area contributed by atoms with Crippen LogP contribution >= 0.6 is 0 Å². The van der Waals surface area contributed by atoms with E-state index in [1.807, 2.05) is 18.2 Å². The molecule has 1 aliphatic heterocycles. The van der Waals surface area contributed by atoms with Gasteiger partial charge in [0.15, 0.2) is 17.5 Å². The Morgan fingerprint density at radius 2 is 0.831 bits per heavy atom. The number of fused-ring (bicyclic) bond motifs is 12. The molecule has 9 aromatic rings. The van der Waals surface area contributed by atoms with E-state index in [0.29, 0.717) is 17.5 Å². The number of benzene rings is 8. The largest absolute Gasteiger partial charge is 0.456 e. The summed E-state index contributed by atoms with van der Waals surface area (Å²) in [5, 5.41) is 0. The number of para-hydroxylation sites is 2. The predicted octanol–water partition coefficient (Wildman–Crippen LogP) is 13.3. The molecule has 59 heavy (non-hydrogen) atoms. The van der Waals surface area contributed by atoms with Crippen molar-refractivity contribution in [2.45, 2.75) is 24.7 Å². The fraction of sp³-hybridized carbons (Fsp3) is 0.0727. The molecular weight excluding hydrogens is 719 g/mol. The second-order valence-electron chi connectivity index (χ2n) is 16.3. The summed E-state index contributed by atoms with van der Waals surface area (Å²) in [6, 6.07) is 66.9. The molecule has 8 aromatic carbocycles. The third-order valence-corrected chi connectivity index (χ3v) is 12.8. The van der Waals surface area contributed by atoms with Crippen molar-refractivity contribution in [2.75, 3.05) is 0 Å². The Bertz CT molecular complexity index is 3140. The number of aromatic nitrogens is 3. The van der Waals surface area contributed by atoms with Crippen LogP contribution in [0.1, 0.15) is 47.2 Å². The van der Waals surface area contributed by atoms with Gasteiger partial charge in [-0.25, -0.2) is 15.0 Å². The van der Waals surface area contributed by atoms with E-state index >= 15 is 0 Å². The average Bonchev–Trinajstić information content (AvgIpc) is 3.72. The highest BCUT2D eigenvalue weighted by molar-refractivity contribution is 5.92. The fourth-order valence-electron chi connectivity index (χ4n) is 10.2. The molecule has 3 aliphatic rings. The molecule has 0 radical (unpaired) electrons. The van der Waals surface area contributed by atoms with Crippen molar-refractivity contribution in [3.63, 3.8) is 0 Å². The highest BCUT2D eigenvalue weighted by Gasteiger charge is 2.51. The van der Waals surface area contributed by atoms with Gasteiger partial charge in [0.05, 0.1) is 5.41 Å². The zero-order chi connectivity index (χ0) is 39.3. The lowest BCUT2D eigenvalue weighted by Gasteiger charge is -2.40. The topological polar surface area (TPSA) is 47.9 Å². The van der Waals surface area contributed by atoms with Crippen LogP contribution in [-0.4, -0.2) is 15.0 Å². The second-order valence-corrected chi connectivity index (χ2v) is 16.3. The molecule has 2 aliphatic carbocycles. The molecule has 1 spiro atoms. The molecule has 0 saturated heterocycles. The summed E-state index contributed by atoms with van der Waals surface area (Å²) in [6.45, 7) is 4.61. The summed E-state index contributed by atoms with van der Waals surface area (Å²) in [5.41, 5.74) is 16.5. The molecule has 12 rings (SSSR count). The second kappa shape index (κ2) is 12.5. The third kappa shape index (κ3) is 4.74. The van der Waals surface area contributed by atoms with Gasteiger partial charge in [-0.05, 0) is 62.2 Å². The van der Waals surface area contributed by atoms with Gasteiger partial charge < -0.3 is 4.74 Å². The van der Waals surface area contributed by atoms with Crippen LogP contribution in [0.2, 0.25) is 0 Å². The smallest absolute Gasteiger partial charge is 0.164 e. The van der Waals surface area contributed by atoms with Crippen LogP contribution in [0.4, 0.5) is 0 Å². The van der Waals surface area contributed by atoms with Gasteiger partial charge in [0.1, 0.15) is 11.5 Å². The van der Waals surface area contributed by atoms with Crippen molar-refractivity contribution in [1.29, 1.82) is 0 Å². The molecule has 0 fully saturated rings. The maximum Gasteiger partial charge on any atom is 0.164 e. The van der Waals surface area contributed by atoms with Crippen LogP contribution in [0, 0.1) is 0 Å². The minimum absolute atomic E-state index is 0.157. The van der Waals surface area contributed by atoms with Crippen molar-refractivity contribution in [3.05, 3.63) is 221 Å². The van der Waals surface area contributed by atoms with Crippen molar-refractivity contribution in [3.8, 4) is 79.0 Å². The van der Waals surface area contributed by atoms with E-state index < -0.39 is 5.41 Å². The van der Waals surface area contributed by atoms with Crippen LogP contribution in [0.15, 0.2) is 188 Å². The lowest BCUT2D eigenvalue weighted by Crippen LogP contribution is -2.32.